The Bertz CT molecular complexity index is 960. The van der Waals surface area contributed by atoms with Crippen molar-refractivity contribution in [2.75, 3.05) is 6.61 Å². The molecule has 10 heteroatoms. The molecule has 0 radical (unpaired) electrons. The van der Waals surface area contributed by atoms with Gasteiger partial charge in [-0.3, -0.25) is 0 Å². The van der Waals surface area contributed by atoms with E-state index in [1.165, 1.54) is 6.07 Å². The maximum Gasteiger partial charge on any atom is 0.217 e. The Hall–Kier alpha value is -1.20. The van der Waals surface area contributed by atoms with Crippen LogP contribution in [0.2, 0.25) is 18.1 Å². The number of hydrogen-bond acceptors (Lipinski definition) is 5. The van der Waals surface area contributed by atoms with Crippen molar-refractivity contribution in [1.29, 1.82) is 0 Å². The molecule has 32 heavy (non-hydrogen) atoms. The first-order valence-electron chi connectivity index (χ1n) is 10.9. The quantitative estimate of drug-likeness (QED) is 0.489. The summed E-state index contributed by atoms with van der Waals surface area (Å²) in [6, 6.07) is 3.45. The molecule has 2 heterocycles. The van der Waals surface area contributed by atoms with Crippen molar-refractivity contribution in [1.82, 2.24) is 14.8 Å². The summed E-state index contributed by atoms with van der Waals surface area (Å²) in [6.45, 7) is 10.6. The topological polar surface area (TPSA) is 80.4 Å². The van der Waals surface area contributed by atoms with Crippen LogP contribution in [0.15, 0.2) is 22.9 Å². The Morgan fingerprint density at radius 2 is 1.94 bits per heavy atom. The lowest BCUT2D eigenvalue weighted by Gasteiger charge is -2.50. The fourth-order valence-electron chi connectivity index (χ4n) is 4.14. The second-order valence-corrected chi connectivity index (χ2v) is 16.4. The van der Waals surface area contributed by atoms with E-state index in [2.05, 4.69) is 26.0 Å². The van der Waals surface area contributed by atoms with E-state index in [0.717, 1.165) is 31.4 Å². The van der Waals surface area contributed by atoms with Gasteiger partial charge in [0.25, 0.3) is 0 Å². The SMILES string of the molecule is CC(C)(C)[Si](C)(C)C(O)(CC(O)c1nc(Br)nn1C1CCCCO1)c1ccc(F)c(F)c1. The van der Waals surface area contributed by atoms with E-state index >= 15 is 0 Å². The maximum absolute atomic E-state index is 14.2. The third-order valence-corrected chi connectivity index (χ3v) is 13.8. The number of rotatable bonds is 6. The molecule has 0 spiro atoms. The lowest BCUT2D eigenvalue weighted by atomic mass is 10.0. The summed E-state index contributed by atoms with van der Waals surface area (Å²) in [5.41, 5.74) is 0.251. The third kappa shape index (κ3) is 4.70. The summed E-state index contributed by atoms with van der Waals surface area (Å²) in [5.74, 6) is -1.75. The molecule has 0 aliphatic carbocycles. The molecule has 0 bridgehead atoms. The predicted molar refractivity (Wildman–Crippen MR) is 124 cm³/mol. The van der Waals surface area contributed by atoms with Crippen LogP contribution in [-0.4, -0.2) is 39.7 Å². The van der Waals surface area contributed by atoms with Gasteiger partial charge >= 0.3 is 0 Å². The van der Waals surface area contributed by atoms with Gasteiger partial charge in [0.05, 0.1) is 13.3 Å². The minimum atomic E-state index is -2.68. The molecule has 3 atom stereocenters. The number of aliphatic hydroxyl groups excluding tert-OH is 1. The lowest BCUT2D eigenvalue weighted by molar-refractivity contribution is -0.0481. The molecule has 1 saturated heterocycles. The number of aliphatic hydroxyl groups is 2. The van der Waals surface area contributed by atoms with Gasteiger partial charge in [0.1, 0.15) is 6.10 Å². The molecule has 2 aromatic rings. The van der Waals surface area contributed by atoms with Gasteiger partial charge < -0.3 is 14.9 Å². The number of aromatic nitrogens is 3. The zero-order valence-corrected chi connectivity index (χ0v) is 21.8. The Balaban J connectivity index is 2.05. The molecule has 3 rings (SSSR count). The Morgan fingerprint density at radius 1 is 1.25 bits per heavy atom. The zero-order valence-electron chi connectivity index (χ0n) is 19.2. The standard InChI is InChI=1S/C22H32BrF2N3O3Si/c1-21(2,3)32(4,5)22(30,14-9-10-15(24)16(25)12-14)13-17(29)19-26-20(23)27-28(19)18-8-6-7-11-31-18/h9-10,12,17-18,29-30H,6-8,11,13H2,1-5H3. The summed E-state index contributed by atoms with van der Waals surface area (Å²) < 4.78 is 35.5. The van der Waals surface area contributed by atoms with Gasteiger partial charge in [-0.05, 0) is 57.9 Å². The maximum atomic E-state index is 14.2. The first kappa shape index (κ1) is 25.4. The molecule has 1 aromatic carbocycles. The zero-order chi connectivity index (χ0) is 23.9. The largest absolute Gasteiger partial charge is 0.389 e. The fourth-order valence-corrected chi connectivity index (χ4v) is 7.32. The molecule has 0 amide bonds. The predicted octanol–water partition coefficient (Wildman–Crippen LogP) is 5.38. The van der Waals surface area contributed by atoms with Crippen LogP contribution in [0.25, 0.3) is 0 Å². The van der Waals surface area contributed by atoms with Gasteiger partial charge in [-0.25, -0.2) is 18.4 Å². The van der Waals surface area contributed by atoms with E-state index in [1.54, 1.807) is 4.68 Å². The Labute approximate surface area is 197 Å². The van der Waals surface area contributed by atoms with Gasteiger partial charge in [0, 0.05) is 13.0 Å². The number of halogens is 3. The molecule has 1 fully saturated rings. The highest BCUT2D eigenvalue weighted by Gasteiger charge is 2.54. The molecule has 2 N–H and O–H groups in total. The van der Waals surface area contributed by atoms with Crippen molar-refractivity contribution >= 4 is 24.0 Å². The highest BCUT2D eigenvalue weighted by Crippen LogP contribution is 2.50. The van der Waals surface area contributed by atoms with Crippen molar-refractivity contribution in [3.63, 3.8) is 0 Å². The average Bonchev–Trinajstić information content (AvgIpc) is 3.11. The number of ether oxygens (including phenoxy) is 1. The molecule has 1 aliphatic rings. The molecule has 1 aromatic heterocycles. The molecule has 1 aliphatic heterocycles. The molecule has 6 nitrogen and oxygen atoms in total. The van der Waals surface area contributed by atoms with Gasteiger partial charge in [0.2, 0.25) is 4.73 Å². The van der Waals surface area contributed by atoms with E-state index in [1.807, 2.05) is 33.9 Å². The molecular formula is C22H32BrF2N3O3Si. The van der Waals surface area contributed by atoms with Crippen LogP contribution in [0.4, 0.5) is 8.78 Å². The fraction of sp³-hybridized carbons (Fsp3) is 0.636. The minimum absolute atomic E-state index is 0.133. The summed E-state index contributed by atoms with van der Waals surface area (Å²) in [7, 11) is -2.68. The smallest absolute Gasteiger partial charge is 0.217 e. The monoisotopic (exact) mass is 531 g/mol. The van der Waals surface area contributed by atoms with E-state index in [0.29, 0.717) is 11.3 Å². The first-order chi connectivity index (χ1) is 14.8. The van der Waals surface area contributed by atoms with Crippen LogP contribution in [0.1, 0.15) is 70.2 Å². The van der Waals surface area contributed by atoms with E-state index in [-0.39, 0.29) is 29.1 Å². The van der Waals surface area contributed by atoms with E-state index < -0.39 is 31.0 Å². The van der Waals surface area contributed by atoms with Crippen LogP contribution in [0.5, 0.6) is 0 Å². The second-order valence-electron chi connectivity index (χ2n) is 10.1. The van der Waals surface area contributed by atoms with Crippen molar-refractivity contribution in [2.24, 2.45) is 0 Å². The van der Waals surface area contributed by atoms with Crippen LogP contribution in [-0.2, 0) is 9.96 Å². The lowest BCUT2D eigenvalue weighted by Crippen LogP contribution is -2.58. The van der Waals surface area contributed by atoms with Gasteiger partial charge in [-0.2, -0.15) is 0 Å². The van der Waals surface area contributed by atoms with Gasteiger partial charge in [0.15, 0.2) is 23.7 Å². The Morgan fingerprint density at radius 3 is 2.50 bits per heavy atom. The highest BCUT2D eigenvalue weighted by atomic mass is 79.9. The first-order valence-corrected chi connectivity index (χ1v) is 14.7. The van der Waals surface area contributed by atoms with Crippen molar-refractivity contribution in [3.8, 4) is 0 Å². The summed E-state index contributed by atoms with van der Waals surface area (Å²) in [5, 5.41) is 25.9. The average molecular weight is 533 g/mol. The summed E-state index contributed by atoms with van der Waals surface area (Å²) >= 11 is 3.28. The highest BCUT2D eigenvalue weighted by molar-refractivity contribution is 9.10. The van der Waals surface area contributed by atoms with Crippen molar-refractivity contribution in [2.45, 2.75) is 82.1 Å². The van der Waals surface area contributed by atoms with Crippen LogP contribution >= 0.6 is 15.9 Å². The van der Waals surface area contributed by atoms with E-state index in [9.17, 15) is 19.0 Å². The van der Waals surface area contributed by atoms with Crippen molar-refractivity contribution < 1.29 is 23.7 Å². The van der Waals surface area contributed by atoms with Gasteiger partial charge in [-0.1, -0.05) is 39.9 Å². The molecular weight excluding hydrogens is 500 g/mol. The molecule has 0 saturated carbocycles. The van der Waals surface area contributed by atoms with Gasteiger partial charge in [-0.15, -0.1) is 5.10 Å². The third-order valence-electron chi connectivity index (χ3n) is 7.15. The Kier molecular flexibility index (Phi) is 7.32. The van der Waals surface area contributed by atoms with Crippen molar-refractivity contribution in [3.05, 3.63) is 46.0 Å². The number of benzene rings is 1. The van der Waals surface area contributed by atoms with Crippen LogP contribution in [0, 0.1) is 11.6 Å². The number of nitrogens with zero attached hydrogens (tertiary/aromatic N) is 3. The van der Waals surface area contributed by atoms with Crippen LogP contribution in [0.3, 0.4) is 0 Å². The summed E-state index contributed by atoms with van der Waals surface area (Å²) in [6.07, 6.45) is 0.992. The minimum Gasteiger partial charge on any atom is -0.389 e. The second kappa shape index (κ2) is 9.21. The summed E-state index contributed by atoms with van der Waals surface area (Å²) in [4.78, 5) is 4.35. The molecule has 178 valence electrons. The number of hydrogen-bond donors (Lipinski definition) is 2. The van der Waals surface area contributed by atoms with E-state index in [4.69, 9.17) is 4.74 Å². The molecule has 3 unspecified atom stereocenters. The normalized spacial score (nSPS) is 20.8. The van der Waals surface area contributed by atoms with Crippen LogP contribution < -0.4 is 0 Å².